The fourth-order valence-corrected chi connectivity index (χ4v) is 3.76. The predicted molar refractivity (Wildman–Crippen MR) is 130 cm³/mol. The zero-order valence-electron chi connectivity index (χ0n) is 19.3. The summed E-state index contributed by atoms with van der Waals surface area (Å²) in [6, 6.07) is 15.8. The third-order valence-electron chi connectivity index (χ3n) is 5.70. The minimum absolute atomic E-state index is 0.187. The van der Waals surface area contributed by atoms with Gasteiger partial charge in [-0.1, -0.05) is 6.92 Å². The molecule has 4 rings (SSSR count). The first-order chi connectivity index (χ1) is 16.5. The highest BCUT2D eigenvalue weighted by atomic mass is 16.5. The first-order valence-corrected chi connectivity index (χ1v) is 10.9. The van der Waals surface area contributed by atoms with E-state index in [1.165, 1.54) is 11.2 Å². The summed E-state index contributed by atoms with van der Waals surface area (Å²) in [6.45, 7) is 2.62. The molecule has 2 aromatic carbocycles. The van der Waals surface area contributed by atoms with Crippen LogP contribution in [0.2, 0.25) is 0 Å². The van der Waals surface area contributed by atoms with Crippen LogP contribution in [0.3, 0.4) is 0 Å². The van der Waals surface area contributed by atoms with Crippen molar-refractivity contribution in [2.45, 2.75) is 13.3 Å². The summed E-state index contributed by atoms with van der Waals surface area (Å²) in [5.41, 5.74) is 3.25. The van der Waals surface area contributed by atoms with Gasteiger partial charge in [0, 0.05) is 41.7 Å². The molecule has 2 amide bonds. The maximum atomic E-state index is 13.1. The van der Waals surface area contributed by atoms with Crippen LogP contribution in [0.5, 0.6) is 11.5 Å². The number of carbonyl (C=O) groups is 2. The summed E-state index contributed by atoms with van der Waals surface area (Å²) in [4.78, 5) is 29.4. The maximum absolute atomic E-state index is 13.1. The molecule has 0 fully saturated rings. The molecule has 0 saturated carbocycles. The summed E-state index contributed by atoms with van der Waals surface area (Å²) in [5, 5.41) is 8.98. The molecule has 0 radical (unpaired) electrons. The van der Waals surface area contributed by atoms with E-state index in [4.69, 9.17) is 9.47 Å². The SMILES string of the molecule is COc1ccc(C2=NN(C(=O)c3ccc(NC(=O)c4cccnc4)cc3)CCC2C)cc1OC. The van der Waals surface area contributed by atoms with Gasteiger partial charge in [-0.15, -0.1) is 0 Å². The van der Waals surface area contributed by atoms with Gasteiger partial charge < -0.3 is 14.8 Å². The van der Waals surface area contributed by atoms with E-state index in [2.05, 4.69) is 22.3 Å². The smallest absolute Gasteiger partial charge is 0.273 e. The van der Waals surface area contributed by atoms with E-state index in [1.54, 1.807) is 56.8 Å². The molecule has 3 aromatic rings. The number of nitrogens with zero attached hydrogens (tertiary/aromatic N) is 3. The number of nitrogens with one attached hydrogen (secondary N) is 1. The van der Waals surface area contributed by atoms with E-state index >= 15 is 0 Å². The average Bonchev–Trinajstić information content (AvgIpc) is 2.89. The number of hydrogen-bond donors (Lipinski definition) is 1. The lowest BCUT2D eigenvalue weighted by Crippen LogP contribution is -2.35. The number of benzene rings is 2. The van der Waals surface area contributed by atoms with E-state index in [0.29, 0.717) is 34.9 Å². The Labute approximate surface area is 198 Å². The largest absolute Gasteiger partial charge is 0.493 e. The number of methoxy groups -OCH3 is 2. The molecule has 8 nitrogen and oxygen atoms in total. The Morgan fingerprint density at radius 3 is 2.44 bits per heavy atom. The normalized spacial score (nSPS) is 15.3. The Hall–Kier alpha value is -4.20. The van der Waals surface area contributed by atoms with Gasteiger partial charge in [-0.05, 0) is 61.0 Å². The van der Waals surface area contributed by atoms with Crippen LogP contribution in [0.4, 0.5) is 5.69 Å². The number of aromatic nitrogens is 1. The molecule has 0 bridgehead atoms. The average molecular weight is 459 g/mol. The van der Waals surface area contributed by atoms with Gasteiger partial charge in [-0.3, -0.25) is 14.6 Å². The topological polar surface area (TPSA) is 93.1 Å². The van der Waals surface area contributed by atoms with Crippen molar-refractivity contribution in [3.8, 4) is 11.5 Å². The fourth-order valence-electron chi connectivity index (χ4n) is 3.76. The number of ether oxygens (including phenoxy) is 2. The number of amides is 2. The third-order valence-corrected chi connectivity index (χ3v) is 5.70. The first kappa shape index (κ1) is 23.0. The molecule has 1 unspecified atom stereocenters. The van der Waals surface area contributed by atoms with Crippen LogP contribution in [0.1, 0.15) is 39.6 Å². The van der Waals surface area contributed by atoms with Crippen LogP contribution < -0.4 is 14.8 Å². The van der Waals surface area contributed by atoms with Crippen molar-refractivity contribution in [1.29, 1.82) is 0 Å². The van der Waals surface area contributed by atoms with E-state index in [-0.39, 0.29) is 17.7 Å². The van der Waals surface area contributed by atoms with E-state index < -0.39 is 0 Å². The van der Waals surface area contributed by atoms with Crippen molar-refractivity contribution in [3.05, 3.63) is 83.7 Å². The van der Waals surface area contributed by atoms with Crippen molar-refractivity contribution in [2.24, 2.45) is 11.0 Å². The summed E-state index contributed by atoms with van der Waals surface area (Å²) in [5.74, 6) is 0.977. The Morgan fingerprint density at radius 1 is 1.00 bits per heavy atom. The van der Waals surface area contributed by atoms with Gasteiger partial charge >= 0.3 is 0 Å². The van der Waals surface area contributed by atoms with Gasteiger partial charge in [-0.2, -0.15) is 5.10 Å². The van der Waals surface area contributed by atoms with Gasteiger partial charge in [0.05, 0.1) is 25.5 Å². The molecule has 0 aliphatic carbocycles. The standard InChI is InChI=1S/C26H26N4O4/c1-17-12-14-30(29-24(17)19-8-11-22(33-2)23(15-19)34-3)26(32)18-6-9-21(10-7-18)28-25(31)20-5-4-13-27-16-20/h4-11,13,15-17H,12,14H2,1-3H3,(H,28,31). The molecule has 34 heavy (non-hydrogen) atoms. The van der Waals surface area contributed by atoms with Crippen molar-refractivity contribution < 1.29 is 19.1 Å². The predicted octanol–water partition coefficient (Wildman–Crippen LogP) is 4.24. The summed E-state index contributed by atoms with van der Waals surface area (Å²) < 4.78 is 10.7. The first-order valence-electron chi connectivity index (χ1n) is 10.9. The lowest BCUT2D eigenvalue weighted by atomic mass is 9.93. The molecular formula is C26H26N4O4. The zero-order valence-corrected chi connectivity index (χ0v) is 19.3. The molecule has 8 heteroatoms. The molecule has 0 saturated heterocycles. The number of carbonyl (C=O) groups excluding carboxylic acids is 2. The van der Waals surface area contributed by atoms with Crippen molar-refractivity contribution in [3.63, 3.8) is 0 Å². The number of hydrazone groups is 1. The van der Waals surface area contributed by atoms with Crippen LogP contribution in [0, 0.1) is 5.92 Å². The van der Waals surface area contributed by atoms with Crippen LogP contribution in [0.25, 0.3) is 0 Å². The molecule has 1 aliphatic heterocycles. The second-order valence-electron chi connectivity index (χ2n) is 7.95. The molecule has 1 atom stereocenters. The zero-order chi connectivity index (χ0) is 24.1. The molecule has 0 spiro atoms. The number of anilines is 1. The highest BCUT2D eigenvalue weighted by Crippen LogP contribution is 2.30. The van der Waals surface area contributed by atoms with Crippen LogP contribution in [-0.2, 0) is 0 Å². The minimum Gasteiger partial charge on any atom is -0.493 e. The molecule has 2 heterocycles. The summed E-state index contributed by atoms with van der Waals surface area (Å²) in [6.07, 6.45) is 3.90. The van der Waals surface area contributed by atoms with Crippen molar-refractivity contribution in [1.82, 2.24) is 9.99 Å². The summed E-state index contributed by atoms with van der Waals surface area (Å²) >= 11 is 0. The van der Waals surface area contributed by atoms with E-state index in [0.717, 1.165) is 17.7 Å². The summed E-state index contributed by atoms with van der Waals surface area (Å²) in [7, 11) is 3.18. The highest BCUT2D eigenvalue weighted by molar-refractivity contribution is 6.05. The Kier molecular flexibility index (Phi) is 6.87. The molecular weight excluding hydrogens is 432 g/mol. The maximum Gasteiger partial charge on any atom is 0.273 e. The third kappa shape index (κ3) is 4.91. The monoisotopic (exact) mass is 458 g/mol. The van der Waals surface area contributed by atoms with Gasteiger partial charge in [0.2, 0.25) is 0 Å². The van der Waals surface area contributed by atoms with Gasteiger partial charge in [0.1, 0.15) is 0 Å². The molecule has 174 valence electrons. The molecule has 1 N–H and O–H groups in total. The highest BCUT2D eigenvalue weighted by Gasteiger charge is 2.26. The molecule has 1 aliphatic rings. The van der Waals surface area contributed by atoms with Crippen LogP contribution in [-0.4, -0.2) is 48.3 Å². The Bertz CT molecular complexity index is 1210. The van der Waals surface area contributed by atoms with Gasteiger partial charge in [-0.25, -0.2) is 5.01 Å². The van der Waals surface area contributed by atoms with Crippen LogP contribution >= 0.6 is 0 Å². The number of pyridine rings is 1. The lowest BCUT2D eigenvalue weighted by Gasteiger charge is -2.28. The quantitative estimate of drug-likeness (QED) is 0.597. The van der Waals surface area contributed by atoms with E-state index in [1.807, 2.05) is 18.2 Å². The van der Waals surface area contributed by atoms with Gasteiger partial charge in [0.15, 0.2) is 11.5 Å². The second kappa shape index (κ2) is 10.2. The minimum atomic E-state index is -0.263. The number of hydrogen-bond acceptors (Lipinski definition) is 6. The van der Waals surface area contributed by atoms with Crippen molar-refractivity contribution in [2.75, 3.05) is 26.1 Å². The Morgan fingerprint density at radius 2 is 1.76 bits per heavy atom. The van der Waals surface area contributed by atoms with E-state index in [9.17, 15) is 9.59 Å². The van der Waals surface area contributed by atoms with Crippen LogP contribution in [0.15, 0.2) is 72.1 Å². The fraction of sp³-hybridized carbons (Fsp3) is 0.231. The second-order valence-corrected chi connectivity index (χ2v) is 7.95. The van der Waals surface area contributed by atoms with Gasteiger partial charge in [0.25, 0.3) is 11.8 Å². The van der Waals surface area contributed by atoms with Crippen molar-refractivity contribution >= 4 is 23.2 Å². The number of rotatable bonds is 6. The lowest BCUT2D eigenvalue weighted by molar-refractivity contribution is 0.0744. The molecule has 1 aromatic heterocycles. The Balaban J connectivity index is 1.51.